The van der Waals surface area contributed by atoms with Crippen LogP contribution in [0.2, 0.25) is 0 Å². The average Bonchev–Trinajstić information content (AvgIpc) is 2.53. The predicted octanol–water partition coefficient (Wildman–Crippen LogP) is 2.23. The molecule has 0 aromatic heterocycles. The first-order chi connectivity index (χ1) is 10.4. The molecule has 0 aromatic carbocycles. The lowest BCUT2D eigenvalue weighted by Gasteiger charge is -2.26. The van der Waals surface area contributed by atoms with E-state index in [1.165, 1.54) is 12.2 Å². The SMILES string of the molecule is CCC(C#N)(N=NC(C#N)(CC)C(C)N=C=O)C(C)N=C=O. The predicted molar refractivity (Wildman–Crippen MR) is 77.3 cm³/mol. The van der Waals surface area contributed by atoms with E-state index in [1.807, 2.05) is 12.1 Å². The van der Waals surface area contributed by atoms with Crippen LogP contribution < -0.4 is 0 Å². The summed E-state index contributed by atoms with van der Waals surface area (Å²) in [5.74, 6) is 0. The van der Waals surface area contributed by atoms with Crippen molar-refractivity contribution in [2.75, 3.05) is 0 Å². The number of aliphatic imine (C=N–C) groups is 2. The van der Waals surface area contributed by atoms with Gasteiger partial charge in [0.15, 0.2) is 11.1 Å². The molecule has 0 spiro atoms. The third-order valence-electron chi connectivity index (χ3n) is 3.75. The van der Waals surface area contributed by atoms with Gasteiger partial charge in [-0.15, -0.1) is 0 Å². The number of nitrogens with zero attached hydrogens (tertiary/aromatic N) is 6. The maximum Gasteiger partial charge on any atom is 0.235 e. The molecule has 0 aliphatic rings. The zero-order valence-corrected chi connectivity index (χ0v) is 13.1. The molecule has 8 nitrogen and oxygen atoms in total. The van der Waals surface area contributed by atoms with Crippen LogP contribution >= 0.6 is 0 Å². The van der Waals surface area contributed by atoms with Gasteiger partial charge >= 0.3 is 0 Å². The molecule has 0 bridgehead atoms. The van der Waals surface area contributed by atoms with Crippen LogP contribution in [0.15, 0.2) is 20.2 Å². The van der Waals surface area contributed by atoms with E-state index >= 15 is 0 Å². The minimum absolute atomic E-state index is 0.246. The fourth-order valence-electron chi connectivity index (χ4n) is 1.84. The number of isocyanates is 2. The van der Waals surface area contributed by atoms with E-state index in [0.717, 1.165) is 0 Å². The lowest BCUT2D eigenvalue weighted by molar-refractivity contribution is 0.365. The smallest absolute Gasteiger partial charge is 0.211 e. The van der Waals surface area contributed by atoms with Crippen LogP contribution in [-0.4, -0.2) is 35.3 Å². The Morgan fingerprint density at radius 3 is 1.36 bits per heavy atom. The lowest BCUT2D eigenvalue weighted by Crippen LogP contribution is -2.39. The molecule has 0 rings (SSSR count). The highest BCUT2D eigenvalue weighted by Gasteiger charge is 2.40. The van der Waals surface area contributed by atoms with E-state index in [-0.39, 0.29) is 12.8 Å². The highest BCUT2D eigenvalue weighted by molar-refractivity contribution is 5.35. The van der Waals surface area contributed by atoms with Gasteiger partial charge in [-0.1, -0.05) is 13.8 Å². The van der Waals surface area contributed by atoms with Crippen molar-refractivity contribution < 1.29 is 9.59 Å². The van der Waals surface area contributed by atoms with Gasteiger partial charge in [-0.05, 0) is 26.7 Å². The van der Waals surface area contributed by atoms with Gasteiger partial charge in [0.2, 0.25) is 12.2 Å². The number of hydrogen-bond acceptors (Lipinski definition) is 8. The van der Waals surface area contributed by atoms with Crippen LogP contribution in [0, 0.1) is 22.7 Å². The fourth-order valence-corrected chi connectivity index (χ4v) is 1.84. The quantitative estimate of drug-likeness (QED) is 0.386. The number of carbonyl (C=O) groups excluding carboxylic acids is 2. The Balaban J connectivity index is 5.92. The molecule has 0 aromatic rings. The average molecular weight is 302 g/mol. The van der Waals surface area contributed by atoms with E-state index in [0.29, 0.717) is 0 Å². The van der Waals surface area contributed by atoms with Crippen molar-refractivity contribution in [3.8, 4) is 12.1 Å². The van der Waals surface area contributed by atoms with E-state index in [4.69, 9.17) is 0 Å². The Bertz CT molecular complexity index is 539. The zero-order chi connectivity index (χ0) is 17.2. The lowest BCUT2D eigenvalue weighted by atomic mass is 9.90. The van der Waals surface area contributed by atoms with Gasteiger partial charge in [-0.3, -0.25) is 0 Å². The Labute approximate surface area is 129 Å². The number of nitriles is 2. The van der Waals surface area contributed by atoms with Gasteiger partial charge < -0.3 is 0 Å². The fraction of sp³-hybridized carbons (Fsp3) is 0.714. The molecule has 4 unspecified atom stereocenters. The van der Waals surface area contributed by atoms with Crippen molar-refractivity contribution in [1.82, 2.24) is 0 Å². The molecule has 8 heteroatoms. The minimum atomic E-state index is -1.38. The standard InChI is InChI=1S/C14H18N6O2/c1-5-13(7-15,11(3)17-9-21)19-20-14(6-2,8-16)12(4)18-10-22/h11-12H,5-6H2,1-4H3. The minimum Gasteiger partial charge on any atom is -0.211 e. The van der Waals surface area contributed by atoms with E-state index in [2.05, 4.69) is 20.2 Å². The van der Waals surface area contributed by atoms with Crippen LogP contribution in [-0.2, 0) is 9.59 Å². The van der Waals surface area contributed by atoms with Crippen LogP contribution in [0.5, 0.6) is 0 Å². The molecule has 0 amide bonds. The third kappa shape index (κ3) is 3.93. The molecular formula is C14H18N6O2. The molecule has 0 radical (unpaired) electrons. The van der Waals surface area contributed by atoms with E-state index < -0.39 is 23.2 Å². The Hall–Kier alpha value is -2.66. The van der Waals surface area contributed by atoms with Gasteiger partial charge in [0.25, 0.3) is 0 Å². The molecule has 0 saturated carbocycles. The summed E-state index contributed by atoms with van der Waals surface area (Å²) in [7, 11) is 0. The Kier molecular flexibility index (Phi) is 7.55. The van der Waals surface area contributed by atoms with Crippen LogP contribution in [0.3, 0.4) is 0 Å². The highest BCUT2D eigenvalue weighted by Crippen LogP contribution is 2.28. The number of hydrogen-bond donors (Lipinski definition) is 0. The Morgan fingerprint density at radius 1 is 0.864 bits per heavy atom. The van der Waals surface area contributed by atoms with Crippen molar-refractivity contribution in [3.05, 3.63) is 0 Å². The molecule has 0 saturated heterocycles. The first-order valence-corrected chi connectivity index (χ1v) is 6.82. The van der Waals surface area contributed by atoms with Gasteiger partial charge in [-0.25, -0.2) is 9.59 Å². The molecule has 0 fully saturated rings. The number of azo groups is 1. The van der Waals surface area contributed by atoms with Crippen LogP contribution in [0.1, 0.15) is 40.5 Å². The van der Waals surface area contributed by atoms with E-state index in [1.54, 1.807) is 27.7 Å². The largest absolute Gasteiger partial charge is 0.235 e. The van der Waals surface area contributed by atoms with Crippen molar-refractivity contribution >= 4 is 12.2 Å². The highest BCUT2D eigenvalue weighted by atomic mass is 16.1. The molecule has 0 aliphatic heterocycles. The summed E-state index contributed by atoms with van der Waals surface area (Å²) in [6, 6.07) is 2.46. The molecule has 0 aliphatic carbocycles. The topological polar surface area (TPSA) is 131 Å². The first-order valence-electron chi connectivity index (χ1n) is 6.82. The van der Waals surface area contributed by atoms with Crippen molar-refractivity contribution in [2.24, 2.45) is 20.2 Å². The molecule has 22 heavy (non-hydrogen) atoms. The third-order valence-corrected chi connectivity index (χ3v) is 3.75. The molecule has 4 atom stereocenters. The second kappa shape index (κ2) is 8.59. The van der Waals surface area contributed by atoms with Gasteiger partial charge in [-0.2, -0.15) is 30.7 Å². The van der Waals surface area contributed by atoms with Crippen LogP contribution in [0.25, 0.3) is 0 Å². The summed E-state index contributed by atoms with van der Waals surface area (Å²) in [6.45, 7) is 6.49. The zero-order valence-electron chi connectivity index (χ0n) is 13.1. The molecule has 0 N–H and O–H groups in total. The maximum absolute atomic E-state index is 10.4. The molecule has 0 heterocycles. The summed E-state index contributed by atoms with van der Waals surface area (Å²) in [4.78, 5) is 27.9. The Morgan fingerprint density at radius 2 is 1.18 bits per heavy atom. The van der Waals surface area contributed by atoms with Crippen LogP contribution in [0.4, 0.5) is 0 Å². The second-order valence-corrected chi connectivity index (χ2v) is 4.77. The van der Waals surface area contributed by atoms with Crippen molar-refractivity contribution in [2.45, 2.75) is 63.7 Å². The second-order valence-electron chi connectivity index (χ2n) is 4.77. The van der Waals surface area contributed by atoms with Gasteiger partial charge in [0.05, 0.1) is 12.1 Å². The van der Waals surface area contributed by atoms with E-state index in [9.17, 15) is 20.1 Å². The maximum atomic E-state index is 10.4. The van der Waals surface area contributed by atoms with Crippen molar-refractivity contribution in [3.63, 3.8) is 0 Å². The van der Waals surface area contributed by atoms with Crippen molar-refractivity contribution in [1.29, 1.82) is 10.5 Å². The first kappa shape index (κ1) is 19.3. The monoisotopic (exact) mass is 302 g/mol. The summed E-state index contributed by atoms with van der Waals surface area (Å²) in [6.07, 6.45) is 3.29. The summed E-state index contributed by atoms with van der Waals surface area (Å²) < 4.78 is 0. The van der Waals surface area contributed by atoms with Gasteiger partial charge in [0, 0.05) is 0 Å². The number of rotatable bonds is 8. The molecule has 116 valence electrons. The summed E-state index contributed by atoms with van der Waals surface area (Å²) in [5.41, 5.74) is -2.75. The summed E-state index contributed by atoms with van der Waals surface area (Å²) >= 11 is 0. The van der Waals surface area contributed by atoms with Gasteiger partial charge in [0.1, 0.15) is 12.1 Å². The normalized spacial score (nSPS) is 18.5. The summed E-state index contributed by atoms with van der Waals surface area (Å²) in [5, 5.41) is 26.8. The molecular weight excluding hydrogens is 284 g/mol.